The summed E-state index contributed by atoms with van der Waals surface area (Å²) in [4.78, 5) is 6.42. The van der Waals surface area contributed by atoms with Gasteiger partial charge in [0.2, 0.25) is 4.24 Å². The minimum atomic E-state index is -6.72. The van der Waals surface area contributed by atoms with Gasteiger partial charge in [0.05, 0.1) is 4.91 Å². The summed E-state index contributed by atoms with van der Waals surface area (Å²) in [5.74, 6) is -5.17. The fraction of sp³-hybridized carbons (Fsp3) is 0.375. The first-order chi connectivity index (χ1) is 44.8. The predicted molar refractivity (Wildman–Crippen MR) is 376 cm³/mol. The van der Waals surface area contributed by atoms with Crippen molar-refractivity contribution in [1.82, 2.24) is 0 Å². The predicted octanol–water partition coefficient (Wildman–Crippen LogP) is 19.1. The van der Waals surface area contributed by atoms with Crippen LogP contribution in [0.2, 0.25) is 0 Å². The number of allylic oxidation sites excluding steroid dienone is 1. The highest BCUT2D eigenvalue weighted by Gasteiger charge is 2.57. The SMILES string of the molecule is C.C.C/C(=C1/OC(C)(C)C(/C=C/c2cc3sc(/C=C/c4cc5c6c(c4)CCCN6CCC5)cc3s2)=C1OS(=O)C(F)(F)F)S(=O)(=O)C(F)(F)F.CCN(CC)c1ccc(/C=C/c2cc3sc(/C=C/C4=C(OS(=O)C(F)(F)F)C(=C(\S(C)(=O)=O)S(=O)(=O)C(F)(F)F)/OC4(C)C)cc3s2)cc1.F. The standard InChI is InChI=1S/C32H29F6NO5S4.C30H29F6NO7S5.2CH4.FH/c1-18(48(41,42)32(36,37)38)28-29(44-47(40)31(33,34)35)24(30(2,3)43-28)11-10-23-17-26-25(46-23)16-22(45-26)9-8-19-14-20-6-4-12-39-13-5-7-21(15-19)27(20)39;1-6-37(7-2)19-11-8-18(9-12-19)10-13-20-16-23-24(45-20)17-21(46-23)14-15-22-25(44-47(38)29(31,32)33)26(43-28(22,3)4)27(48(5,39)40)49(41,42)30(34,35)36;;;/h8-11,14-17H,4-7,12-13H2,1-3H3;8-17H,6-7H2,1-5H3;2*1H4;1H/b9-8+,11-10+,28-18-;13-10+,15-14+,27-26-;;;. The van der Waals surface area contributed by atoms with Crippen LogP contribution in [0.25, 0.3) is 55.3 Å². The molecular formula is C64H67F13N2O12S9. The summed E-state index contributed by atoms with van der Waals surface area (Å²) in [6, 6.07) is 20.1. The van der Waals surface area contributed by atoms with E-state index in [4.69, 9.17) is 9.47 Å². The highest BCUT2D eigenvalue weighted by molar-refractivity contribution is 8.14. The maximum absolute atomic E-state index is 13.5. The average Bonchev–Trinajstić information content (AvgIpc) is 1.27. The second-order valence-electron chi connectivity index (χ2n) is 22.9. The number of aryl methyl sites for hydroxylation is 2. The summed E-state index contributed by atoms with van der Waals surface area (Å²) in [6.07, 6.45) is 17.8. The Kier molecular flexibility index (Phi) is 25.3. The van der Waals surface area contributed by atoms with Gasteiger partial charge in [-0.3, -0.25) is 4.70 Å². The Morgan fingerprint density at radius 3 is 1.28 bits per heavy atom. The first kappa shape index (κ1) is 82.7. The van der Waals surface area contributed by atoms with Crippen molar-refractivity contribution in [2.45, 2.75) is 122 Å². The molecule has 100 heavy (non-hydrogen) atoms. The summed E-state index contributed by atoms with van der Waals surface area (Å²) in [6.45, 7) is 13.6. The zero-order chi connectivity index (χ0) is 71.6. The molecule has 0 saturated heterocycles. The molecule has 36 heteroatoms. The number of fused-ring (bicyclic) bond motifs is 2. The third kappa shape index (κ3) is 17.8. The number of sulfone groups is 3. The smallest absolute Gasteiger partial charge is 0.478 e. The zero-order valence-electron chi connectivity index (χ0n) is 52.5. The molecule has 4 aliphatic rings. The third-order valence-electron chi connectivity index (χ3n) is 15.3. The van der Waals surface area contributed by atoms with Crippen LogP contribution in [0.15, 0.2) is 116 Å². The van der Waals surface area contributed by atoms with Gasteiger partial charge in [0.25, 0.3) is 19.7 Å². The second kappa shape index (κ2) is 30.6. The molecule has 0 amide bonds. The topological polar surface area (TPSA) is 180 Å². The number of hydrogen-bond donors (Lipinski definition) is 0. The van der Waals surface area contributed by atoms with E-state index in [-0.39, 0.29) is 31.4 Å². The maximum Gasteiger partial charge on any atom is 0.508 e. The van der Waals surface area contributed by atoms with Gasteiger partial charge in [0, 0.05) is 93.3 Å². The van der Waals surface area contributed by atoms with Crippen LogP contribution in [0, 0.1) is 0 Å². The van der Waals surface area contributed by atoms with Crippen molar-refractivity contribution in [3.63, 3.8) is 0 Å². The van der Waals surface area contributed by atoms with Gasteiger partial charge in [-0.2, -0.15) is 52.7 Å². The normalized spacial score (nSPS) is 18.3. The zero-order valence-corrected chi connectivity index (χ0v) is 59.8. The number of hydrogen-bond acceptors (Lipinski definition) is 18. The molecule has 4 aliphatic heterocycles. The van der Waals surface area contributed by atoms with E-state index in [9.17, 15) is 86.4 Å². The third-order valence-corrected chi connectivity index (χ3v) is 26.4. The van der Waals surface area contributed by atoms with Gasteiger partial charge in [-0.15, -0.1) is 45.3 Å². The van der Waals surface area contributed by atoms with Crippen LogP contribution in [0.3, 0.4) is 0 Å². The monoisotopic (exact) mass is 1590 g/mol. The second-order valence-corrected chi connectivity index (χ2v) is 35.8. The van der Waals surface area contributed by atoms with E-state index in [1.54, 1.807) is 17.4 Å². The molecule has 4 aromatic heterocycles. The Bertz CT molecular complexity index is 4650. The number of rotatable bonds is 18. The van der Waals surface area contributed by atoms with Gasteiger partial charge < -0.3 is 27.6 Å². The fourth-order valence-electron chi connectivity index (χ4n) is 10.8. The fourth-order valence-corrected chi connectivity index (χ4v) is 19.7. The summed E-state index contributed by atoms with van der Waals surface area (Å²) in [5, 5.41) is 0. The van der Waals surface area contributed by atoms with Gasteiger partial charge in [-0.25, -0.2) is 33.7 Å². The Hall–Kier alpha value is -6.28. The van der Waals surface area contributed by atoms with Crippen LogP contribution < -0.4 is 9.80 Å². The lowest BCUT2D eigenvalue weighted by Gasteiger charge is -2.37. The lowest BCUT2D eigenvalue weighted by Crippen LogP contribution is -2.34. The molecule has 0 fully saturated rings. The number of ether oxygens (including phenoxy) is 2. The van der Waals surface area contributed by atoms with Gasteiger partial charge in [-0.1, -0.05) is 39.1 Å². The van der Waals surface area contributed by atoms with E-state index in [1.165, 1.54) is 82.9 Å². The van der Waals surface area contributed by atoms with Crippen LogP contribution in [-0.4, -0.2) is 99.3 Å². The molecule has 2 atom stereocenters. The van der Waals surface area contributed by atoms with E-state index in [0.717, 1.165) is 117 Å². The van der Waals surface area contributed by atoms with Gasteiger partial charge in [0.1, 0.15) is 11.2 Å². The average molecular weight is 1590 g/mol. The van der Waals surface area contributed by atoms with E-state index in [1.807, 2.05) is 54.6 Å². The molecule has 6 aromatic rings. The van der Waals surface area contributed by atoms with Gasteiger partial charge >= 0.3 is 44.2 Å². The maximum atomic E-state index is 13.5. The number of alkyl halides is 12. The van der Waals surface area contributed by atoms with Crippen molar-refractivity contribution < 1.29 is 109 Å². The first-order valence-electron chi connectivity index (χ1n) is 28.9. The van der Waals surface area contributed by atoms with Crippen molar-refractivity contribution in [3.05, 3.63) is 158 Å². The number of benzene rings is 2. The molecule has 10 rings (SSSR count). The molecule has 0 N–H and O–H groups in total. The number of halogens is 13. The number of anilines is 2. The van der Waals surface area contributed by atoms with Crippen LogP contribution in [0.5, 0.6) is 0 Å². The van der Waals surface area contributed by atoms with Crippen LogP contribution in [-0.2, 0) is 82.4 Å². The quantitative estimate of drug-likeness (QED) is 0.0742. The van der Waals surface area contributed by atoms with Gasteiger partial charge in [0.15, 0.2) is 32.9 Å². The molecule has 14 nitrogen and oxygen atoms in total. The number of nitrogens with zero attached hydrogens (tertiary/aromatic N) is 2. The van der Waals surface area contributed by atoms with E-state index < -0.39 is 123 Å². The van der Waals surface area contributed by atoms with Crippen molar-refractivity contribution in [2.24, 2.45) is 0 Å². The first-order valence-corrected chi connectivity index (χ1v) is 39.2. The molecule has 550 valence electrons. The number of thiophene rings is 4. The minimum Gasteiger partial charge on any atom is -0.478 e. The molecule has 0 spiro atoms. The molecule has 2 unspecified atom stereocenters. The molecule has 2 aromatic carbocycles. The van der Waals surface area contributed by atoms with Crippen molar-refractivity contribution in [3.8, 4) is 0 Å². The van der Waals surface area contributed by atoms with E-state index in [0.29, 0.717) is 16.7 Å². The molecule has 0 bridgehead atoms. The Morgan fingerprint density at radius 1 is 0.560 bits per heavy atom. The highest BCUT2D eigenvalue weighted by Crippen LogP contribution is 2.49. The highest BCUT2D eigenvalue weighted by atomic mass is 32.3. The Labute approximate surface area is 590 Å². The molecule has 8 heterocycles. The minimum absolute atomic E-state index is 0. The molecular weight excluding hydrogens is 1520 g/mol. The van der Waals surface area contributed by atoms with Crippen molar-refractivity contribution in [1.29, 1.82) is 0 Å². The molecule has 0 saturated carbocycles. The van der Waals surface area contributed by atoms with E-state index >= 15 is 0 Å². The summed E-state index contributed by atoms with van der Waals surface area (Å²) in [5.41, 5.74) is -19.8. The summed E-state index contributed by atoms with van der Waals surface area (Å²) >= 11 is -2.66. The summed E-state index contributed by atoms with van der Waals surface area (Å²) < 4.78 is 278. The van der Waals surface area contributed by atoms with E-state index in [2.05, 4.69) is 56.3 Å². The molecule has 0 radical (unpaired) electrons. The molecule has 0 aliphatic carbocycles. The van der Waals surface area contributed by atoms with Crippen molar-refractivity contribution >= 4 is 164 Å². The summed E-state index contributed by atoms with van der Waals surface area (Å²) in [7, 11) is -18.1. The Morgan fingerprint density at radius 2 is 0.920 bits per heavy atom. The largest absolute Gasteiger partial charge is 0.508 e. The van der Waals surface area contributed by atoms with Crippen LogP contribution in [0.4, 0.5) is 68.8 Å². The lowest BCUT2D eigenvalue weighted by molar-refractivity contribution is -0.0462. The lowest BCUT2D eigenvalue weighted by atomic mass is 9.90. The van der Waals surface area contributed by atoms with Gasteiger partial charge in [-0.05, 0) is 181 Å². The van der Waals surface area contributed by atoms with Crippen LogP contribution in [0.1, 0.15) is 118 Å². The Balaban J connectivity index is 0.000000306. The van der Waals surface area contributed by atoms with Crippen molar-refractivity contribution in [2.75, 3.05) is 42.2 Å². The van der Waals surface area contributed by atoms with Crippen LogP contribution >= 0.6 is 45.3 Å².